The van der Waals surface area contributed by atoms with Gasteiger partial charge >= 0.3 is 0 Å². The summed E-state index contributed by atoms with van der Waals surface area (Å²) in [5.41, 5.74) is 0.345. The molecule has 1 aliphatic rings. The van der Waals surface area contributed by atoms with Gasteiger partial charge in [-0.3, -0.25) is 10.1 Å². The van der Waals surface area contributed by atoms with Crippen LogP contribution in [0.3, 0.4) is 0 Å². The molecule has 2 aromatic rings. The van der Waals surface area contributed by atoms with Gasteiger partial charge in [-0.2, -0.15) is 0 Å². The fraction of sp³-hybridized carbons (Fsp3) is 0.308. The Morgan fingerprint density at radius 1 is 0.969 bits per heavy atom. The van der Waals surface area contributed by atoms with E-state index in [-0.39, 0.29) is 5.69 Å². The number of nitro groups is 1. The van der Waals surface area contributed by atoms with Gasteiger partial charge in [-0.05, 0) is 38.0 Å². The van der Waals surface area contributed by atoms with Gasteiger partial charge in [0.25, 0.3) is 5.69 Å². The summed E-state index contributed by atoms with van der Waals surface area (Å²) in [5, 5.41) is 33.1. The van der Waals surface area contributed by atoms with Gasteiger partial charge in [0.15, 0.2) is 0 Å². The van der Waals surface area contributed by atoms with E-state index in [9.17, 15) is 20.3 Å². The van der Waals surface area contributed by atoms with Crippen LogP contribution in [0.25, 0.3) is 0 Å². The first kappa shape index (κ1) is 23.4. The molecule has 0 saturated carbocycles. The number of hydrogen-bond donors (Lipinski definition) is 2. The van der Waals surface area contributed by atoms with Crippen LogP contribution in [0, 0.1) is 16.2 Å². The Balaban J connectivity index is 1.77. The third-order valence-corrected chi connectivity index (χ3v) is 5.89. The lowest BCUT2D eigenvalue weighted by atomic mass is 9.89. The van der Waals surface area contributed by atoms with Gasteiger partial charge in [-0.25, -0.2) is 0 Å². The number of allylic oxidation sites excluding steroid dienone is 4. The monoisotopic (exact) mass is 433 g/mol. The maximum absolute atomic E-state index is 11.0. The maximum atomic E-state index is 11.0. The average molecular weight is 434 g/mol. The zero-order valence-electron chi connectivity index (χ0n) is 18.4. The van der Waals surface area contributed by atoms with E-state index in [0.717, 1.165) is 16.8 Å². The summed E-state index contributed by atoms with van der Waals surface area (Å²) in [6.45, 7) is 4.57. The highest BCUT2D eigenvalue weighted by molar-refractivity contribution is 5.51. The van der Waals surface area contributed by atoms with Crippen LogP contribution in [-0.4, -0.2) is 33.8 Å². The average Bonchev–Trinajstić information content (AvgIpc) is 2.80. The van der Waals surface area contributed by atoms with Crippen LogP contribution >= 0.6 is 0 Å². The first-order valence-corrected chi connectivity index (χ1v) is 10.7. The molecule has 2 aromatic carbocycles. The lowest BCUT2D eigenvalue weighted by Crippen LogP contribution is -2.37. The predicted octanol–water partition coefficient (Wildman–Crippen LogP) is 4.70. The second kappa shape index (κ2) is 9.88. The molecule has 0 saturated heterocycles. The minimum absolute atomic E-state index is 0.0248. The molecule has 0 aliphatic heterocycles. The summed E-state index contributed by atoms with van der Waals surface area (Å²) < 4.78 is 0. The van der Waals surface area contributed by atoms with Crippen molar-refractivity contribution in [2.45, 2.75) is 37.9 Å². The molecule has 166 valence electrons. The van der Waals surface area contributed by atoms with Crippen LogP contribution < -0.4 is 4.90 Å². The van der Waals surface area contributed by atoms with Crippen LogP contribution in [0.5, 0.6) is 0 Å². The summed E-state index contributed by atoms with van der Waals surface area (Å²) in [5.74, 6) is 0. The predicted molar refractivity (Wildman–Crippen MR) is 126 cm³/mol. The molecule has 6 nitrogen and oxygen atoms in total. The molecule has 0 aromatic heterocycles. The van der Waals surface area contributed by atoms with Gasteiger partial charge < -0.3 is 15.1 Å². The smallest absolute Gasteiger partial charge is 0.269 e. The molecule has 0 spiro atoms. The second-order valence-electron chi connectivity index (χ2n) is 8.47. The fourth-order valence-corrected chi connectivity index (χ4v) is 3.67. The van der Waals surface area contributed by atoms with Crippen molar-refractivity contribution in [3.8, 4) is 0 Å². The molecule has 32 heavy (non-hydrogen) atoms. The molecule has 0 amide bonds. The number of rotatable bonds is 10. The molecule has 2 unspecified atom stereocenters. The Labute approximate surface area is 189 Å². The second-order valence-corrected chi connectivity index (χ2v) is 8.47. The highest BCUT2D eigenvalue weighted by Gasteiger charge is 2.31. The van der Waals surface area contributed by atoms with Crippen molar-refractivity contribution in [3.05, 3.63) is 106 Å². The van der Waals surface area contributed by atoms with Gasteiger partial charge in [0, 0.05) is 49.5 Å². The number of non-ortho nitro benzene ring substituents is 1. The Morgan fingerprint density at radius 2 is 1.59 bits per heavy atom. The molecule has 2 atom stereocenters. The first-order chi connectivity index (χ1) is 15.2. The third kappa shape index (κ3) is 5.89. The highest BCUT2D eigenvalue weighted by atomic mass is 16.6. The Hall–Kier alpha value is -3.31. The molecule has 6 heteroatoms. The van der Waals surface area contributed by atoms with Crippen molar-refractivity contribution in [2.24, 2.45) is 0 Å². The topological polar surface area (TPSA) is 86.8 Å². The van der Waals surface area contributed by atoms with Crippen LogP contribution in [0.4, 0.5) is 11.4 Å². The number of hydrogen-bond acceptors (Lipinski definition) is 5. The van der Waals surface area contributed by atoms with E-state index in [4.69, 9.17) is 0 Å². The van der Waals surface area contributed by atoms with Gasteiger partial charge in [0.05, 0.1) is 22.2 Å². The zero-order chi connectivity index (χ0) is 23.2. The number of benzene rings is 2. The third-order valence-electron chi connectivity index (χ3n) is 5.89. The van der Waals surface area contributed by atoms with Crippen molar-refractivity contribution in [1.82, 2.24) is 0 Å². The first-order valence-electron chi connectivity index (χ1n) is 10.7. The van der Waals surface area contributed by atoms with E-state index in [1.54, 1.807) is 38.1 Å². The normalized spacial score (nSPS) is 16.4. The van der Waals surface area contributed by atoms with Gasteiger partial charge in [-0.1, -0.05) is 30.3 Å². The van der Waals surface area contributed by atoms with E-state index < -0.39 is 16.1 Å². The Bertz CT molecular complexity index is 1010. The summed E-state index contributed by atoms with van der Waals surface area (Å²) in [6.07, 6.45) is 11.2. The minimum atomic E-state index is -1.06. The van der Waals surface area contributed by atoms with Crippen molar-refractivity contribution >= 4 is 11.4 Å². The molecule has 0 heterocycles. The molecule has 0 radical (unpaired) electrons. The van der Waals surface area contributed by atoms with Crippen molar-refractivity contribution in [1.29, 1.82) is 0 Å². The van der Waals surface area contributed by atoms with Crippen LogP contribution in [0.15, 0.2) is 84.5 Å². The highest BCUT2D eigenvalue weighted by Crippen LogP contribution is 2.29. The largest absolute Gasteiger partial charge is 0.385 e. The molecule has 0 fully saturated rings. The molecular weight excluding hydrogens is 404 g/mol. The van der Waals surface area contributed by atoms with Crippen LogP contribution in [0.2, 0.25) is 0 Å². The molecule has 1 aliphatic carbocycles. The molecule has 3 rings (SSSR count). The minimum Gasteiger partial charge on any atom is -0.385 e. The van der Waals surface area contributed by atoms with E-state index in [1.807, 2.05) is 47.4 Å². The number of nitro benzene ring substituents is 1. The van der Waals surface area contributed by atoms with E-state index in [0.29, 0.717) is 25.9 Å². The number of anilines is 1. The molecule has 0 bridgehead atoms. The van der Waals surface area contributed by atoms with Gasteiger partial charge in [0.1, 0.15) is 17.8 Å². The Kier molecular flexibility index (Phi) is 7.21. The van der Waals surface area contributed by atoms with E-state index in [2.05, 4.69) is 6.08 Å². The zero-order valence-corrected chi connectivity index (χ0v) is 18.4. The fourth-order valence-electron chi connectivity index (χ4n) is 3.67. The summed E-state index contributed by atoms with van der Waals surface area (Å²) >= 11 is 0. The summed E-state index contributed by atoms with van der Waals surface area (Å²) in [6, 6.07) is 15.9. The standard InChI is InChI=1S/C26H29N2O4/c1-25(29,21-9-5-3-6-10-21)17-19-27(23-13-15-24(16-14-23)28(31)32)20-18-26(2,30)22-11-7-4-8-12-22/h3-7,9-16,29-30H,17-20H2,1-2H3/q+1. The Morgan fingerprint density at radius 3 is 2.16 bits per heavy atom. The van der Waals surface area contributed by atoms with Gasteiger partial charge in [-0.15, -0.1) is 0 Å². The quantitative estimate of drug-likeness (QED) is 0.322. The number of nitrogens with zero attached hydrogens (tertiary/aromatic N) is 2. The molecular formula is C26H29N2O4+. The van der Waals surface area contributed by atoms with Crippen LogP contribution in [-0.2, 0) is 5.60 Å². The van der Waals surface area contributed by atoms with Crippen molar-refractivity contribution in [3.63, 3.8) is 0 Å². The number of aliphatic hydroxyl groups is 2. The molecule has 2 N–H and O–H groups in total. The van der Waals surface area contributed by atoms with Crippen molar-refractivity contribution < 1.29 is 15.1 Å². The van der Waals surface area contributed by atoms with Crippen molar-refractivity contribution in [2.75, 3.05) is 18.0 Å². The summed E-state index contributed by atoms with van der Waals surface area (Å²) in [7, 11) is 0. The van der Waals surface area contributed by atoms with E-state index >= 15 is 0 Å². The van der Waals surface area contributed by atoms with Crippen LogP contribution in [0.1, 0.15) is 32.3 Å². The lowest BCUT2D eigenvalue weighted by Gasteiger charge is -2.32. The maximum Gasteiger partial charge on any atom is 0.269 e. The van der Waals surface area contributed by atoms with E-state index in [1.165, 1.54) is 12.1 Å². The summed E-state index contributed by atoms with van der Waals surface area (Å²) in [4.78, 5) is 12.7. The van der Waals surface area contributed by atoms with Gasteiger partial charge in [0.2, 0.25) is 0 Å². The SMILES string of the molecule is CC(O)(CCN(CCC(C)(O)c1ccccc1)c1ccc([N+](=O)[O-])cc1)C1=CC=C[C+]=C1. The lowest BCUT2D eigenvalue weighted by molar-refractivity contribution is -0.384.